The van der Waals surface area contributed by atoms with E-state index < -0.39 is 0 Å². The Labute approximate surface area is 156 Å². The van der Waals surface area contributed by atoms with Crippen molar-refractivity contribution in [3.63, 3.8) is 0 Å². The van der Waals surface area contributed by atoms with Gasteiger partial charge in [-0.15, -0.1) is 0 Å². The molecule has 0 unspecified atom stereocenters. The normalized spacial score (nSPS) is 10.0. The third kappa shape index (κ3) is 4.00. The molecule has 0 fully saturated rings. The van der Waals surface area contributed by atoms with Gasteiger partial charge in [-0.05, 0) is 55.0 Å². The van der Waals surface area contributed by atoms with Crippen LogP contribution in [-0.2, 0) is 0 Å². The lowest BCUT2D eigenvalue weighted by atomic mass is 10.2. The molecule has 0 aliphatic heterocycles. The first-order valence-electron chi connectivity index (χ1n) is 7.86. The fourth-order valence-corrected chi connectivity index (χ4v) is 2.57. The molecule has 2 aromatic carbocycles. The molecule has 0 spiro atoms. The van der Waals surface area contributed by atoms with Crippen molar-refractivity contribution < 1.29 is 4.79 Å². The molecule has 0 saturated carbocycles. The Hall–Kier alpha value is -3.36. The minimum atomic E-state index is -0.329. The molecule has 0 saturated heterocycles. The van der Waals surface area contributed by atoms with Gasteiger partial charge in [0.1, 0.15) is 5.69 Å². The van der Waals surface area contributed by atoms with E-state index in [0.29, 0.717) is 22.0 Å². The smallest absolute Gasteiger partial charge is 0.274 e. The van der Waals surface area contributed by atoms with E-state index in [9.17, 15) is 4.79 Å². The maximum Gasteiger partial charge on any atom is 0.274 e. The van der Waals surface area contributed by atoms with Gasteiger partial charge in [-0.1, -0.05) is 23.7 Å². The van der Waals surface area contributed by atoms with Gasteiger partial charge in [0.25, 0.3) is 5.91 Å². The lowest BCUT2D eigenvalue weighted by molar-refractivity contribution is 0.102. The molecular weight excluding hydrogens is 348 g/mol. The molecule has 26 heavy (non-hydrogen) atoms. The lowest BCUT2D eigenvalue weighted by Gasteiger charge is -2.11. The molecule has 1 heterocycles. The van der Waals surface area contributed by atoms with Gasteiger partial charge >= 0.3 is 0 Å². The third-order valence-corrected chi connectivity index (χ3v) is 4.20. The molecule has 0 aliphatic carbocycles. The molecule has 6 heteroatoms. The zero-order valence-electron chi connectivity index (χ0n) is 14.0. The van der Waals surface area contributed by atoms with E-state index in [4.69, 9.17) is 16.9 Å². The number of nitriles is 1. The second-order valence-corrected chi connectivity index (χ2v) is 6.02. The first-order chi connectivity index (χ1) is 12.6. The Morgan fingerprint density at radius 3 is 2.69 bits per heavy atom. The van der Waals surface area contributed by atoms with Crippen LogP contribution in [0, 0.1) is 18.3 Å². The molecule has 5 nitrogen and oxygen atoms in total. The first kappa shape index (κ1) is 17.5. The van der Waals surface area contributed by atoms with Crippen LogP contribution >= 0.6 is 11.6 Å². The highest BCUT2D eigenvalue weighted by molar-refractivity contribution is 6.31. The number of hydrogen-bond acceptors (Lipinski definition) is 4. The van der Waals surface area contributed by atoms with Crippen molar-refractivity contribution >= 4 is 34.6 Å². The van der Waals surface area contributed by atoms with E-state index in [0.717, 1.165) is 11.3 Å². The van der Waals surface area contributed by atoms with E-state index in [1.54, 1.807) is 54.7 Å². The highest BCUT2D eigenvalue weighted by Crippen LogP contribution is 2.24. The van der Waals surface area contributed by atoms with Gasteiger partial charge in [-0.25, -0.2) is 0 Å². The van der Waals surface area contributed by atoms with E-state index in [-0.39, 0.29) is 11.6 Å². The van der Waals surface area contributed by atoms with Crippen LogP contribution < -0.4 is 10.6 Å². The Balaban J connectivity index is 1.79. The van der Waals surface area contributed by atoms with Crippen molar-refractivity contribution in [2.45, 2.75) is 6.92 Å². The molecule has 2 N–H and O–H groups in total. The van der Waals surface area contributed by atoms with Gasteiger partial charge in [0.05, 0.1) is 11.6 Å². The molecular formula is C20H15ClN4O. The number of benzene rings is 2. The quantitative estimate of drug-likeness (QED) is 0.691. The van der Waals surface area contributed by atoms with Gasteiger partial charge in [-0.2, -0.15) is 5.26 Å². The Morgan fingerprint density at radius 2 is 1.88 bits per heavy atom. The van der Waals surface area contributed by atoms with E-state index in [1.807, 2.05) is 13.0 Å². The van der Waals surface area contributed by atoms with Crippen LogP contribution in [0.3, 0.4) is 0 Å². The number of aromatic nitrogens is 1. The van der Waals surface area contributed by atoms with Crippen LogP contribution in [0.25, 0.3) is 0 Å². The summed E-state index contributed by atoms with van der Waals surface area (Å²) in [5.41, 5.74) is 3.72. The predicted octanol–water partition coefficient (Wildman–Crippen LogP) is 4.91. The molecule has 128 valence electrons. The summed E-state index contributed by atoms with van der Waals surface area (Å²) < 4.78 is 0. The SMILES string of the molecule is Cc1c(Cl)cccc1NC(=O)c1cc(Nc2cccc(C#N)c2)ccn1. The Bertz CT molecular complexity index is 1010. The summed E-state index contributed by atoms with van der Waals surface area (Å²) in [5.74, 6) is -0.329. The average molecular weight is 363 g/mol. The van der Waals surface area contributed by atoms with Crippen molar-refractivity contribution in [2.24, 2.45) is 0 Å². The van der Waals surface area contributed by atoms with E-state index in [1.165, 1.54) is 0 Å². The van der Waals surface area contributed by atoms with Gasteiger partial charge in [0, 0.05) is 28.3 Å². The molecule has 1 amide bonds. The van der Waals surface area contributed by atoms with Gasteiger partial charge in [0.2, 0.25) is 0 Å². The summed E-state index contributed by atoms with van der Waals surface area (Å²) in [6.07, 6.45) is 1.55. The molecule has 0 atom stereocenters. The van der Waals surface area contributed by atoms with E-state index >= 15 is 0 Å². The topological polar surface area (TPSA) is 77.8 Å². The minimum absolute atomic E-state index is 0.269. The minimum Gasteiger partial charge on any atom is -0.355 e. The lowest BCUT2D eigenvalue weighted by Crippen LogP contribution is -2.14. The van der Waals surface area contributed by atoms with Crippen LogP contribution in [0.5, 0.6) is 0 Å². The van der Waals surface area contributed by atoms with Crippen molar-refractivity contribution in [1.82, 2.24) is 4.98 Å². The predicted molar refractivity (Wildman–Crippen MR) is 103 cm³/mol. The summed E-state index contributed by atoms with van der Waals surface area (Å²) in [7, 11) is 0. The second-order valence-electron chi connectivity index (χ2n) is 5.61. The van der Waals surface area contributed by atoms with Crippen molar-refractivity contribution in [3.05, 3.63) is 82.6 Å². The number of nitrogens with one attached hydrogen (secondary N) is 2. The second kappa shape index (κ2) is 7.68. The largest absolute Gasteiger partial charge is 0.355 e. The van der Waals surface area contributed by atoms with Crippen molar-refractivity contribution in [1.29, 1.82) is 5.26 Å². The van der Waals surface area contributed by atoms with Crippen LogP contribution in [-0.4, -0.2) is 10.9 Å². The van der Waals surface area contributed by atoms with Gasteiger partial charge < -0.3 is 10.6 Å². The van der Waals surface area contributed by atoms with E-state index in [2.05, 4.69) is 21.7 Å². The maximum absolute atomic E-state index is 12.5. The third-order valence-electron chi connectivity index (χ3n) is 3.79. The highest BCUT2D eigenvalue weighted by atomic mass is 35.5. The molecule has 0 bridgehead atoms. The van der Waals surface area contributed by atoms with Crippen LogP contribution in [0.1, 0.15) is 21.6 Å². The fourth-order valence-electron chi connectivity index (χ4n) is 2.39. The Morgan fingerprint density at radius 1 is 1.12 bits per heavy atom. The molecule has 3 aromatic rings. The number of amides is 1. The summed E-state index contributed by atoms with van der Waals surface area (Å²) in [5, 5.41) is 15.5. The summed E-state index contributed by atoms with van der Waals surface area (Å²) >= 11 is 6.08. The molecule has 0 aliphatic rings. The zero-order valence-corrected chi connectivity index (χ0v) is 14.7. The number of carbonyl (C=O) groups is 1. The monoisotopic (exact) mass is 362 g/mol. The van der Waals surface area contributed by atoms with Crippen molar-refractivity contribution in [2.75, 3.05) is 10.6 Å². The van der Waals surface area contributed by atoms with Crippen LogP contribution in [0.2, 0.25) is 5.02 Å². The Kier molecular flexibility index (Phi) is 5.16. The zero-order chi connectivity index (χ0) is 18.5. The number of carbonyl (C=O) groups excluding carboxylic acids is 1. The number of nitrogens with zero attached hydrogens (tertiary/aromatic N) is 2. The number of anilines is 3. The highest BCUT2D eigenvalue weighted by Gasteiger charge is 2.11. The molecule has 0 radical (unpaired) electrons. The maximum atomic E-state index is 12.5. The van der Waals surface area contributed by atoms with Crippen LogP contribution in [0.15, 0.2) is 60.8 Å². The average Bonchev–Trinajstić information content (AvgIpc) is 2.66. The summed E-state index contributed by atoms with van der Waals surface area (Å²) in [6, 6.07) is 17.9. The van der Waals surface area contributed by atoms with Gasteiger partial charge in [-0.3, -0.25) is 9.78 Å². The fraction of sp³-hybridized carbons (Fsp3) is 0.0500. The number of halogens is 1. The standard InChI is InChI=1S/C20H15ClN4O/c1-13-17(21)6-3-7-18(13)25-20(26)19-11-16(8-9-23-19)24-15-5-2-4-14(10-15)12-22/h2-11H,1H3,(H,23,24)(H,25,26). The summed E-state index contributed by atoms with van der Waals surface area (Å²) in [6.45, 7) is 1.84. The molecule has 3 rings (SSSR count). The number of pyridine rings is 1. The first-order valence-corrected chi connectivity index (χ1v) is 8.24. The van der Waals surface area contributed by atoms with Crippen molar-refractivity contribution in [3.8, 4) is 6.07 Å². The van der Waals surface area contributed by atoms with Gasteiger partial charge in [0.15, 0.2) is 0 Å². The summed E-state index contributed by atoms with van der Waals surface area (Å²) in [4.78, 5) is 16.6. The molecule has 1 aromatic heterocycles. The number of hydrogen-bond donors (Lipinski definition) is 2. The number of rotatable bonds is 4. The van der Waals surface area contributed by atoms with Crippen LogP contribution in [0.4, 0.5) is 17.1 Å².